The molecule has 0 spiro atoms. The van der Waals surface area contributed by atoms with Gasteiger partial charge < -0.3 is 10.6 Å². The van der Waals surface area contributed by atoms with Crippen LogP contribution in [0.5, 0.6) is 0 Å². The zero-order valence-corrected chi connectivity index (χ0v) is 10.7. The number of aryl methyl sites for hydroxylation is 2. The van der Waals surface area contributed by atoms with Crippen molar-refractivity contribution in [3.8, 4) is 0 Å². The van der Waals surface area contributed by atoms with Crippen molar-refractivity contribution in [2.24, 2.45) is 5.92 Å². The maximum absolute atomic E-state index is 11.9. The van der Waals surface area contributed by atoms with Crippen molar-refractivity contribution in [2.75, 3.05) is 11.9 Å². The summed E-state index contributed by atoms with van der Waals surface area (Å²) in [4.78, 5) is 28.3. The Balaban J connectivity index is 1.95. The number of nitrogens with one attached hydrogen (secondary N) is 2. The smallest absolute Gasteiger partial charge is 0.231 e. The highest BCUT2D eigenvalue weighted by molar-refractivity contribution is 7.15. The Bertz CT molecular complexity index is 426. The minimum Gasteiger partial charge on any atom is -0.355 e. The number of aromatic nitrogens is 1. The van der Waals surface area contributed by atoms with E-state index in [-0.39, 0.29) is 17.7 Å². The van der Waals surface area contributed by atoms with Gasteiger partial charge in [0.15, 0.2) is 5.13 Å². The molecule has 1 fully saturated rings. The largest absolute Gasteiger partial charge is 0.355 e. The second kappa shape index (κ2) is 4.83. The molecule has 92 valence electrons. The number of nitrogens with zero attached hydrogens (tertiary/aromatic N) is 1. The fourth-order valence-electron chi connectivity index (χ4n) is 1.69. The second-order valence-electron chi connectivity index (χ2n) is 4.19. The van der Waals surface area contributed by atoms with Crippen LogP contribution in [-0.4, -0.2) is 23.3 Å². The molecule has 1 aromatic rings. The Labute approximate surface area is 104 Å². The summed E-state index contributed by atoms with van der Waals surface area (Å²) in [5.74, 6) is -0.175. The van der Waals surface area contributed by atoms with E-state index in [2.05, 4.69) is 15.6 Å². The van der Waals surface area contributed by atoms with Crippen molar-refractivity contribution in [1.29, 1.82) is 0 Å². The molecule has 6 heteroatoms. The maximum Gasteiger partial charge on any atom is 0.231 e. The number of hydrogen-bond acceptors (Lipinski definition) is 4. The van der Waals surface area contributed by atoms with Crippen molar-refractivity contribution < 1.29 is 9.59 Å². The van der Waals surface area contributed by atoms with Crippen LogP contribution in [0.4, 0.5) is 5.13 Å². The molecule has 1 saturated heterocycles. The summed E-state index contributed by atoms with van der Waals surface area (Å²) in [6.45, 7) is 4.32. The zero-order valence-electron chi connectivity index (χ0n) is 9.87. The predicted molar refractivity (Wildman–Crippen MR) is 66.0 cm³/mol. The molecular weight excluding hydrogens is 238 g/mol. The summed E-state index contributed by atoms with van der Waals surface area (Å²) in [6, 6.07) is 0. The molecule has 2 rings (SSSR count). The molecule has 5 nitrogen and oxygen atoms in total. The van der Waals surface area contributed by atoms with Crippen LogP contribution >= 0.6 is 11.3 Å². The minimum atomic E-state index is -0.141. The highest BCUT2D eigenvalue weighted by Crippen LogP contribution is 2.22. The molecule has 2 amide bonds. The minimum absolute atomic E-state index is 0.0231. The summed E-state index contributed by atoms with van der Waals surface area (Å²) in [7, 11) is 0. The van der Waals surface area contributed by atoms with Crippen molar-refractivity contribution >= 4 is 28.3 Å². The van der Waals surface area contributed by atoms with Gasteiger partial charge in [0.25, 0.3) is 0 Å². The Kier molecular flexibility index (Phi) is 3.42. The molecule has 0 aliphatic carbocycles. The number of piperidine rings is 1. The third-order valence-corrected chi connectivity index (χ3v) is 3.88. The van der Waals surface area contributed by atoms with Crippen molar-refractivity contribution in [2.45, 2.75) is 26.7 Å². The highest BCUT2D eigenvalue weighted by Gasteiger charge is 2.25. The molecule has 1 atom stereocenters. The topological polar surface area (TPSA) is 71.1 Å². The Morgan fingerprint density at radius 3 is 2.82 bits per heavy atom. The molecule has 1 aliphatic heterocycles. The molecule has 0 saturated carbocycles. The van der Waals surface area contributed by atoms with Gasteiger partial charge in [-0.25, -0.2) is 4.98 Å². The summed E-state index contributed by atoms with van der Waals surface area (Å²) in [5.41, 5.74) is 0.947. The summed E-state index contributed by atoms with van der Waals surface area (Å²) in [5, 5.41) is 6.14. The Morgan fingerprint density at radius 2 is 2.29 bits per heavy atom. The van der Waals surface area contributed by atoms with Crippen LogP contribution in [-0.2, 0) is 9.59 Å². The SMILES string of the molecule is Cc1nc(NC(=O)C2CCC(=O)NC2)sc1C. The lowest BCUT2D eigenvalue weighted by atomic mass is 9.98. The van der Waals surface area contributed by atoms with E-state index in [1.165, 1.54) is 11.3 Å². The molecule has 0 bridgehead atoms. The molecule has 1 aliphatic rings. The lowest BCUT2D eigenvalue weighted by Gasteiger charge is -2.20. The number of anilines is 1. The molecule has 0 radical (unpaired) electrons. The van der Waals surface area contributed by atoms with Crippen LogP contribution in [0.15, 0.2) is 0 Å². The summed E-state index contributed by atoms with van der Waals surface area (Å²) < 4.78 is 0. The first-order chi connectivity index (χ1) is 8.06. The van der Waals surface area contributed by atoms with Crippen LogP contribution in [0.2, 0.25) is 0 Å². The monoisotopic (exact) mass is 253 g/mol. The Morgan fingerprint density at radius 1 is 1.53 bits per heavy atom. The number of rotatable bonds is 2. The quantitative estimate of drug-likeness (QED) is 0.832. The number of amides is 2. The van der Waals surface area contributed by atoms with Gasteiger partial charge >= 0.3 is 0 Å². The van der Waals surface area contributed by atoms with E-state index in [1.54, 1.807) is 0 Å². The zero-order chi connectivity index (χ0) is 12.4. The van der Waals surface area contributed by atoms with Gasteiger partial charge in [-0.2, -0.15) is 0 Å². The van der Waals surface area contributed by atoms with E-state index >= 15 is 0 Å². The van der Waals surface area contributed by atoms with Crippen LogP contribution in [0.25, 0.3) is 0 Å². The number of carbonyl (C=O) groups excluding carboxylic acids is 2. The van der Waals surface area contributed by atoms with Crippen molar-refractivity contribution in [1.82, 2.24) is 10.3 Å². The lowest BCUT2D eigenvalue weighted by molar-refractivity contribution is -0.126. The fraction of sp³-hybridized carbons (Fsp3) is 0.545. The molecule has 17 heavy (non-hydrogen) atoms. The average molecular weight is 253 g/mol. The van der Waals surface area contributed by atoms with Gasteiger partial charge in [0.2, 0.25) is 11.8 Å². The van der Waals surface area contributed by atoms with E-state index in [9.17, 15) is 9.59 Å². The molecule has 2 heterocycles. The summed E-state index contributed by atoms with van der Waals surface area (Å²) >= 11 is 1.48. The maximum atomic E-state index is 11.9. The van der Waals surface area contributed by atoms with E-state index in [0.717, 1.165) is 10.6 Å². The standard InChI is InChI=1S/C11H15N3O2S/c1-6-7(2)17-11(13-6)14-10(16)8-3-4-9(15)12-5-8/h8H,3-5H2,1-2H3,(H,12,15)(H,13,14,16). The summed E-state index contributed by atoms with van der Waals surface area (Å²) in [6.07, 6.45) is 1.04. The predicted octanol–water partition coefficient (Wildman–Crippen LogP) is 1.22. The van der Waals surface area contributed by atoms with E-state index < -0.39 is 0 Å². The molecule has 1 aromatic heterocycles. The molecular formula is C11H15N3O2S. The van der Waals surface area contributed by atoms with Gasteiger partial charge in [0, 0.05) is 17.8 Å². The first kappa shape index (κ1) is 12.0. The van der Waals surface area contributed by atoms with Crippen LogP contribution < -0.4 is 10.6 Å². The van der Waals surface area contributed by atoms with E-state index in [1.807, 2.05) is 13.8 Å². The van der Waals surface area contributed by atoms with Crippen LogP contribution in [0, 0.1) is 19.8 Å². The lowest BCUT2D eigenvalue weighted by Crippen LogP contribution is -2.40. The second-order valence-corrected chi connectivity index (χ2v) is 5.39. The third kappa shape index (κ3) is 2.82. The van der Waals surface area contributed by atoms with Crippen molar-refractivity contribution in [3.05, 3.63) is 10.6 Å². The molecule has 0 aromatic carbocycles. The molecule has 2 N–H and O–H groups in total. The van der Waals surface area contributed by atoms with Crippen LogP contribution in [0.3, 0.4) is 0 Å². The number of carbonyl (C=O) groups is 2. The molecule has 1 unspecified atom stereocenters. The fourth-order valence-corrected chi connectivity index (χ4v) is 2.51. The van der Waals surface area contributed by atoms with Gasteiger partial charge in [-0.1, -0.05) is 0 Å². The van der Waals surface area contributed by atoms with Gasteiger partial charge in [-0.15, -0.1) is 11.3 Å². The van der Waals surface area contributed by atoms with Gasteiger partial charge in [0.1, 0.15) is 0 Å². The van der Waals surface area contributed by atoms with Gasteiger partial charge in [-0.3, -0.25) is 9.59 Å². The van der Waals surface area contributed by atoms with E-state index in [4.69, 9.17) is 0 Å². The normalized spacial score (nSPS) is 19.9. The third-order valence-electron chi connectivity index (χ3n) is 2.89. The first-order valence-electron chi connectivity index (χ1n) is 5.58. The van der Waals surface area contributed by atoms with Crippen LogP contribution in [0.1, 0.15) is 23.4 Å². The number of hydrogen-bond donors (Lipinski definition) is 2. The number of thiazole rings is 1. The highest BCUT2D eigenvalue weighted by atomic mass is 32.1. The van der Waals surface area contributed by atoms with Gasteiger partial charge in [0.05, 0.1) is 11.6 Å². The average Bonchev–Trinajstić information content (AvgIpc) is 2.58. The van der Waals surface area contributed by atoms with E-state index in [0.29, 0.717) is 24.5 Å². The van der Waals surface area contributed by atoms with Crippen molar-refractivity contribution in [3.63, 3.8) is 0 Å². The first-order valence-corrected chi connectivity index (χ1v) is 6.39. The van der Waals surface area contributed by atoms with Gasteiger partial charge in [-0.05, 0) is 20.3 Å². The Hall–Kier alpha value is -1.43.